The highest BCUT2D eigenvalue weighted by molar-refractivity contribution is 7.12. The predicted molar refractivity (Wildman–Crippen MR) is 49.5 cm³/mol. The van der Waals surface area contributed by atoms with Crippen LogP contribution in [0.3, 0.4) is 0 Å². The van der Waals surface area contributed by atoms with Crippen molar-refractivity contribution >= 4 is 17.3 Å². The Morgan fingerprint density at radius 3 is 2.92 bits per heavy atom. The number of nitriles is 1. The molecule has 4 heteroatoms. The predicted octanol–water partition coefficient (Wildman–Crippen LogP) is 2.13. The van der Waals surface area contributed by atoms with Crippen molar-refractivity contribution in [3.8, 4) is 6.07 Å². The highest BCUT2D eigenvalue weighted by Gasteiger charge is 2.14. The van der Waals surface area contributed by atoms with Crippen LogP contribution < -0.4 is 0 Å². The largest absolute Gasteiger partial charge is 0.443 e. The van der Waals surface area contributed by atoms with Crippen molar-refractivity contribution < 1.29 is 9.53 Å². The highest BCUT2D eigenvalue weighted by Crippen LogP contribution is 2.17. The van der Waals surface area contributed by atoms with E-state index >= 15 is 0 Å². The average molecular weight is 195 g/mol. The van der Waals surface area contributed by atoms with Crippen LogP contribution in [0, 0.1) is 18.3 Å². The molecule has 0 aromatic carbocycles. The van der Waals surface area contributed by atoms with Gasteiger partial charge in [0, 0.05) is 0 Å². The zero-order valence-electron chi connectivity index (χ0n) is 7.40. The van der Waals surface area contributed by atoms with E-state index in [1.165, 1.54) is 11.3 Å². The molecule has 1 atom stereocenters. The molecule has 1 aromatic heterocycles. The van der Waals surface area contributed by atoms with E-state index in [1.54, 1.807) is 6.92 Å². The van der Waals surface area contributed by atoms with E-state index in [9.17, 15) is 4.79 Å². The number of hydrogen-bond acceptors (Lipinski definition) is 4. The third-order valence-electron chi connectivity index (χ3n) is 1.51. The zero-order valence-corrected chi connectivity index (χ0v) is 8.22. The van der Waals surface area contributed by atoms with Gasteiger partial charge in [-0.15, -0.1) is 11.3 Å². The van der Waals surface area contributed by atoms with Crippen molar-refractivity contribution in [1.82, 2.24) is 0 Å². The molecule has 0 fully saturated rings. The van der Waals surface area contributed by atoms with Crippen LogP contribution in [0.2, 0.25) is 0 Å². The Bertz CT molecular complexity index is 351. The maximum Gasteiger partial charge on any atom is 0.349 e. The summed E-state index contributed by atoms with van der Waals surface area (Å²) in [7, 11) is 0. The number of carbonyl (C=O) groups is 1. The molecule has 1 unspecified atom stereocenters. The molecule has 13 heavy (non-hydrogen) atoms. The van der Waals surface area contributed by atoms with E-state index in [0.717, 1.165) is 5.56 Å². The number of ether oxygens (including phenoxy) is 1. The van der Waals surface area contributed by atoms with E-state index in [0.29, 0.717) is 4.88 Å². The second kappa shape index (κ2) is 4.06. The smallest absolute Gasteiger partial charge is 0.349 e. The molecule has 1 rings (SSSR count). The molecule has 1 aromatic rings. The van der Waals surface area contributed by atoms with Crippen LogP contribution in [-0.4, -0.2) is 12.1 Å². The fourth-order valence-electron chi connectivity index (χ4n) is 0.822. The topological polar surface area (TPSA) is 50.1 Å². The molecular formula is C9H9NO2S. The minimum Gasteiger partial charge on any atom is -0.443 e. The van der Waals surface area contributed by atoms with E-state index < -0.39 is 12.1 Å². The second-order valence-electron chi connectivity index (χ2n) is 2.61. The van der Waals surface area contributed by atoms with Crippen LogP contribution >= 0.6 is 11.3 Å². The van der Waals surface area contributed by atoms with Gasteiger partial charge in [0.25, 0.3) is 0 Å². The molecule has 0 bridgehead atoms. The van der Waals surface area contributed by atoms with E-state index in [-0.39, 0.29) is 0 Å². The number of aryl methyl sites for hydroxylation is 1. The van der Waals surface area contributed by atoms with Crippen LogP contribution in [0.5, 0.6) is 0 Å². The van der Waals surface area contributed by atoms with Crippen molar-refractivity contribution in [3.63, 3.8) is 0 Å². The van der Waals surface area contributed by atoms with Crippen LogP contribution in [-0.2, 0) is 4.74 Å². The summed E-state index contributed by atoms with van der Waals surface area (Å²) in [5.74, 6) is -0.415. The standard InChI is InChI=1S/C9H9NO2S/c1-6-3-4-13-8(6)9(11)12-7(2)5-10/h3-4,7H,1-2H3. The molecule has 0 spiro atoms. The molecule has 0 aliphatic rings. The highest BCUT2D eigenvalue weighted by atomic mass is 32.1. The van der Waals surface area contributed by atoms with Crippen molar-refractivity contribution in [1.29, 1.82) is 5.26 Å². The lowest BCUT2D eigenvalue weighted by Gasteiger charge is -2.04. The third kappa shape index (κ3) is 2.30. The fraction of sp³-hybridized carbons (Fsp3) is 0.333. The van der Waals surface area contributed by atoms with Gasteiger partial charge in [0.15, 0.2) is 6.10 Å². The van der Waals surface area contributed by atoms with Gasteiger partial charge >= 0.3 is 5.97 Å². The molecule has 0 aliphatic carbocycles. The molecule has 0 radical (unpaired) electrons. The van der Waals surface area contributed by atoms with Crippen LogP contribution in [0.4, 0.5) is 0 Å². The molecule has 0 saturated heterocycles. The van der Waals surface area contributed by atoms with Gasteiger partial charge in [-0.1, -0.05) is 0 Å². The fourth-order valence-corrected chi connectivity index (χ4v) is 1.63. The Balaban J connectivity index is 2.71. The summed E-state index contributed by atoms with van der Waals surface area (Å²) in [5.41, 5.74) is 0.889. The molecule has 0 saturated carbocycles. The first-order chi connectivity index (χ1) is 6.15. The third-order valence-corrected chi connectivity index (χ3v) is 2.51. The molecule has 1 heterocycles. The number of nitrogens with zero attached hydrogens (tertiary/aromatic N) is 1. The molecular weight excluding hydrogens is 186 g/mol. The van der Waals surface area contributed by atoms with Crippen LogP contribution in [0.1, 0.15) is 22.2 Å². The van der Waals surface area contributed by atoms with Gasteiger partial charge in [-0.2, -0.15) is 5.26 Å². The van der Waals surface area contributed by atoms with Gasteiger partial charge in [0.2, 0.25) is 0 Å². The lowest BCUT2D eigenvalue weighted by Crippen LogP contribution is -2.12. The summed E-state index contributed by atoms with van der Waals surface area (Å²) >= 11 is 1.33. The summed E-state index contributed by atoms with van der Waals surface area (Å²) in [6, 6.07) is 3.68. The summed E-state index contributed by atoms with van der Waals surface area (Å²) in [6.07, 6.45) is -0.686. The number of hydrogen-bond donors (Lipinski definition) is 0. The maximum absolute atomic E-state index is 11.3. The Hall–Kier alpha value is -1.34. The normalized spacial score (nSPS) is 11.8. The molecule has 0 aliphatic heterocycles. The van der Waals surface area contributed by atoms with Gasteiger partial charge in [-0.25, -0.2) is 4.79 Å². The van der Waals surface area contributed by atoms with Crippen LogP contribution in [0.15, 0.2) is 11.4 Å². The Morgan fingerprint density at radius 2 is 2.46 bits per heavy atom. The van der Waals surface area contributed by atoms with Gasteiger partial charge in [-0.3, -0.25) is 0 Å². The summed E-state index contributed by atoms with van der Waals surface area (Å²) in [6.45, 7) is 3.38. The molecule has 68 valence electrons. The number of rotatable bonds is 2. The lowest BCUT2D eigenvalue weighted by molar-refractivity contribution is 0.0440. The second-order valence-corrected chi connectivity index (χ2v) is 3.53. The van der Waals surface area contributed by atoms with Crippen molar-refractivity contribution in [2.75, 3.05) is 0 Å². The molecule has 0 amide bonds. The van der Waals surface area contributed by atoms with Gasteiger partial charge < -0.3 is 4.74 Å². The monoisotopic (exact) mass is 195 g/mol. The van der Waals surface area contributed by atoms with Crippen molar-refractivity contribution in [2.24, 2.45) is 0 Å². The van der Waals surface area contributed by atoms with E-state index in [2.05, 4.69) is 0 Å². The van der Waals surface area contributed by atoms with Crippen LogP contribution in [0.25, 0.3) is 0 Å². The summed E-state index contributed by atoms with van der Waals surface area (Å²) in [4.78, 5) is 11.9. The number of thiophene rings is 1. The SMILES string of the molecule is Cc1ccsc1C(=O)OC(C)C#N. The minimum atomic E-state index is -0.686. The average Bonchev–Trinajstić information content (AvgIpc) is 2.51. The summed E-state index contributed by atoms with van der Waals surface area (Å²) in [5, 5.41) is 10.2. The first kappa shape index (κ1) is 9.75. The first-order valence-electron chi connectivity index (χ1n) is 3.80. The van der Waals surface area contributed by atoms with Gasteiger partial charge in [0.05, 0.1) is 0 Å². The molecule has 0 N–H and O–H groups in total. The Morgan fingerprint density at radius 1 is 1.77 bits per heavy atom. The Labute approximate surface area is 80.6 Å². The minimum absolute atomic E-state index is 0.415. The zero-order chi connectivity index (χ0) is 9.84. The first-order valence-corrected chi connectivity index (χ1v) is 4.68. The maximum atomic E-state index is 11.3. The van der Waals surface area contributed by atoms with Gasteiger partial charge in [-0.05, 0) is 30.9 Å². The quantitative estimate of drug-likeness (QED) is 0.679. The van der Waals surface area contributed by atoms with Crippen molar-refractivity contribution in [2.45, 2.75) is 20.0 Å². The number of esters is 1. The lowest BCUT2D eigenvalue weighted by atomic mass is 10.3. The summed E-state index contributed by atoms with van der Waals surface area (Å²) < 4.78 is 4.84. The van der Waals surface area contributed by atoms with Crippen molar-refractivity contribution in [3.05, 3.63) is 21.9 Å². The Kier molecular flexibility index (Phi) is 3.04. The van der Waals surface area contributed by atoms with E-state index in [4.69, 9.17) is 10.00 Å². The van der Waals surface area contributed by atoms with E-state index in [1.807, 2.05) is 24.4 Å². The van der Waals surface area contributed by atoms with Gasteiger partial charge in [0.1, 0.15) is 10.9 Å². The number of carbonyl (C=O) groups excluding carboxylic acids is 1. The molecule has 3 nitrogen and oxygen atoms in total.